The summed E-state index contributed by atoms with van der Waals surface area (Å²) in [5, 5.41) is -6.09. The van der Waals surface area contributed by atoms with Crippen molar-refractivity contribution in [2.45, 2.75) is 62.1 Å². The van der Waals surface area contributed by atoms with Crippen molar-refractivity contribution in [2.24, 2.45) is 0 Å². The van der Waals surface area contributed by atoms with Crippen LogP contribution < -0.4 is 0 Å². The Hall–Kier alpha value is -2.15. The van der Waals surface area contributed by atoms with E-state index in [4.69, 9.17) is 4.55 Å². The van der Waals surface area contributed by atoms with Crippen molar-refractivity contribution in [2.75, 3.05) is 6.61 Å². The van der Waals surface area contributed by atoms with Crippen LogP contribution in [-0.4, -0.2) is 66.9 Å². The first-order chi connectivity index (χ1) is 14.8. The molecule has 1 atom stereocenters. The van der Waals surface area contributed by atoms with E-state index in [1.54, 1.807) is 0 Å². The molecule has 0 aliphatic carbocycles. The third-order valence-electron chi connectivity index (χ3n) is 3.50. The van der Waals surface area contributed by atoms with Gasteiger partial charge in [0.25, 0.3) is 0 Å². The Bertz CT molecular complexity index is 879. The summed E-state index contributed by atoms with van der Waals surface area (Å²) in [6.45, 7) is 2.22. The van der Waals surface area contributed by atoms with Crippen molar-refractivity contribution in [3.8, 4) is 0 Å². The van der Waals surface area contributed by atoms with E-state index in [0.29, 0.717) is 0 Å². The normalized spacial score (nSPS) is 15.6. The maximum Gasteiger partial charge on any atom is 0.468 e. The van der Waals surface area contributed by atoms with Crippen LogP contribution in [0.2, 0.25) is 0 Å². The second kappa shape index (κ2) is 10.2. The summed E-state index contributed by atoms with van der Waals surface area (Å²) in [5.41, 5.74) is -2.54. The highest BCUT2D eigenvalue weighted by Gasteiger charge is 2.69. The maximum atomic E-state index is 13.6. The van der Waals surface area contributed by atoms with Crippen LogP contribution in [0, 0.1) is 0 Å². The van der Waals surface area contributed by atoms with Crippen LogP contribution in [0.1, 0.15) is 26.7 Å². The van der Waals surface area contributed by atoms with Gasteiger partial charge in [0, 0.05) is 6.42 Å². The van der Waals surface area contributed by atoms with Gasteiger partial charge in [0.1, 0.15) is 5.57 Å². The molecule has 0 spiro atoms. The first-order valence-electron chi connectivity index (χ1n) is 8.47. The average Bonchev–Trinajstić information content (AvgIpc) is 2.59. The number of carbonyl (C=O) groups is 2. The Morgan fingerprint density at radius 1 is 0.971 bits per heavy atom. The Labute approximate surface area is 184 Å². The van der Waals surface area contributed by atoms with Crippen LogP contribution in [0.25, 0.3) is 0 Å². The lowest BCUT2D eigenvalue weighted by atomic mass is 10.2. The fourth-order valence-electron chi connectivity index (χ4n) is 1.83. The molecule has 0 saturated heterocycles. The molecule has 0 amide bonds. The number of ether oxygens (including phenoxy) is 3. The van der Waals surface area contributed by atoms with Gasteiger partial charge in [0.05, 0.1) is 12.7 Å². The van der Waals surface area contributed by atoms with E-state index in [1.807, 2.05) is 0 Å². The van der Waals surface area contributed by atoms with Crippen molar-refractivity contribution in [1.82, 2.24) is 0 Å². The highest BCUT2D eigenvalue weighted by Crippen LogP contribution is 2.42. The minimum absolute atomic E-state index is 0.952. The molecule has 34 heavy (non-hydrogen) atoms. The van der Waals surface area contributed by atoms with Crippen LogP contribution >= 0.6 is 0 Å². The van der Waals surface area contributed by atoms with E-state index in [0.717, 1.165) is 13.8 Å². The molecule has 0 aromatic carbocycles. The third-order valence-corrected chi connectivity index (χ3v) is 4.45. The topological polar surface area (TPSA) is 116 Å². The molecular weight excluding hydrogens is 530 g/mol. The summed E-state index contributed by atoms with van der Waals surface area (Å²) in [5.74, 6) is -16.1. The second-order valence-electron chi connectivity index (χ2n) is 6.58. The maximum absolute atomic E-state index is 13.6. The van der Waals surface area contributed by atoms with Gasteiger partial charge in [-0.2, -0.15) is 52.3 Å². The average molecular weight is 546 g/mol. The predicted octanol–water partition coefficient (Wildman–Crippen LogP) is 3.77. The molecule has 8 nitrogen and oxygen atoms in total. The molecule has 0 radical (unpaired) electrons. The molecule has 1 N–H and O–H groups in total. The Morgan fingerprint density at radius 3 is 1.79 bits per heavy atom. The number of hydrogen-bond acceptors (Lipinski definition) is 7. The minimum atomic E-state index is -6.68. The molecule has 0 fully saturated rings. The number of alkyl halides is 10. The molecule has 0 aliphatic rings. The van der Waals surface area contributed by atoms with Crippen LogP contribution in [0.4, 0.5) is 43.9 Å². The van der Waals surface area contributed by atoms with E-state index in [2.05, 4.69) is 20.8 Å². The summed E-state index contributed by atoms with van der Waals surface area (Å²) in [6.07, 6.45) is -17.2. The van der Waals surface area contributed by atoms with Gasteiger partial charge in [-0.05, 0) is 20.3 Å². The van der Waals surface area contributed by atoms with Gasteiger partial charge >= 0.3 is 51.4 Å². The van der Waals surface area contributed by atoms with Crippen molar-refractivity contribution in [3.63, 3.8) is 0 Å². The summed E-state index contributed by atoms with van der Waals surface area (Å²) in [6, 6.07) is 0. The minimum Gasteiger partial charge on any atom is -0.458 e. The zero-order valence-corrected chi connectivity index (χ0v) is 17.7. The highest BCUT2D eigenvalue weighted by molar-refractivity contribution is 7.87. The van der Waals surface area contributed by atoms with Gasteiger partial charge in [-0.25, -0.2) is 9.59 Å². The summed E-state index contributed by atoms with van der Waals surface area (Å²) in [7, 11) is -6.68. The lowest BCUT2D eigenvalue weighted by molar-refractivity contribution is -0.356. The van der Waals surface area contributed by atoms with Gasteiger partial charge in [0.15, 0.2) is 0 Å². The molecule has 0 aromatic heterocycles. The van der Waals surface area contributed by atoms with Gasteiger partial charge in [-0.3, -0.25) is 4.55 Å². The first-order valence-corrected chi connectivity index (χ1v) is 9.91. The SMILES string of the molecule is C=C(C(=O)OC(OCCCC(F)(F)C(F)(F)S(=O)(=O)O)(C(=O)OC(C)C)C(F)(F)F)C(F)(F)F. The summed E-state index contributed by atoms with van der Waals surface area (Å²) in [4.78, 5) is 23.5. The van der Waals surface area contributed by atoms with Gasteiger partial charge in [-0.15, -0.1) is 0 Å². The zero-order chi connectivity index (χ0) is 27.6. The second-order valence-corrected chi connectivity index (χ2v) is 8.05. The van der Waals surface area contributed by atoms with Crippen molar-refractivity contribution in [3.05, 3.63) is 12.2 Å². The smallest absolute Gasteiger partial charge is 0.458 e. The van der Waals surface area contributed by atoms with E-state index in [9.17, 15) is 61.9 Å². The van der Waals surface area contributed by atoms with Crippen LogP contribution in [-0.2, 0) is 33.9 Å². The Morgan fingerprint density at radius 2 is 1.44 bits per heavy atom. The van der Waals surface area contributed by atoms with Gasteiger partial charge in [0.2, 0.25) is 0 Å². The molecule has 0 aliphatic heterocycles. The number of esters is 2. The summed E-state index contributed by atoms with van der Waals surface area (Å²) >= 11 is 0. The largest absolute Gasteiger partial charge is 0.468 e. The molecule has 0 bridgehead atoms. The molecule has 0 aromatic rings. The fourth-order valence-corrected chi connectivity index (χ4v) is 2.31. The van der Waals surface area contributed by atoms with E-state index >= 15 is 0 Å². The standard InChI is InChI=1S/C15H16F10O8S/c1-7(2)32-10(27)12(14(21,22)23,33-9(26)8(3)13(18,19)20)31-6-4-5-11(16,17)15(24,25)34(28,29)30/h7H,3-6H2,1-2H3,(H,28,29,30). The zero-order valence-electron chi connectivity index (χ0n) is 16.9. The van der Waals surface area contributed by atoms with Crippen LogP contribution in [0.5, 0.6) is 0 Å². The van der Waals surface area contributed by atoms with Crippen molar-refractivity contribution < 1.29 is 80.7 Å². The molecule has 0 rings (SSSR count). The monoisotopic (exact) mass is 546 g/mol. The van der Waals surface area contributed by atoms with Gasteiger partial charge in [-0.1, -0.05) is 6.58 Å². The molecule has 1 unspecified atom stereocenters. The van der Waals surface area contributed by atoms with Gasteiger partial charge < -0.3 is 14.2 Å². The Balaban J connectivity index is 6.01. The van der Waals surface area contributed by atoms with E-state index < -0.39 is 82.5 Å². The molecule has 19 heteroatoms. The highest BCUT2D eigenvalue weighted by atomic mass is 32.2. The molecule has 0 saturated carbocycles. The number of rotatable bonds is 11. The van der Waals surface area contributed by atoms with E-state index in [1.165, 1.54) is 0 Å². The molecular formula is C15H16F10O8S. The molecule has 200 valence electrons. The molecule has 0 heterocycles. The van der Waals surface area contributed by atoms with Crippen molar-refractivity contribution >= 4 is 22.1 Å². The quantitative estimate of drug-likeness (QED) is 0.104. The van der Waals surface area contributed by atoms with Crippen LogP contribution in [0.3, 0.4) is 0 Å². The summed E-state index contributed by atoms with van der Waals surface area (Å²) < 4.78 is 172. The third kappa shape index (κ3) is 7.17. The van der Waals surface area contributed by atoms with Crippen LogP contribution in [0.15, 0.2) is 12.2 Å². The lowest BCUT2D eigenvalue weighted by Crippen LogP contribution is -2.59. The van der Waals surface area contributed by atoms with Crippen molar-refractivity contribution in [1.29, 1.82) is 0 Å². The lowest BCUT2D eigenvalue weighted by Gasteiger charge is -2.33. The predicted molar refractivity (Wildman–Crippen MR) is 87.9 cm³/mol. The Kier molecular flexibility index (Phi) is 9.58. The number of hydrogen-bond donors (Lipinski definition) is 1. The number of carbonyl (C=O) groups excluding carboxylic acids is 2. The fraction of sp³-hybridized carbons (Fsp3) is 0.733. The van der Waals surface area contributed by atoms with E-state index in [-0.39, 0.29) is 0 Å². The number of halogens is 10. The first kappa shape index (κ1) is 31.9.